The number of amides is 1. The number of anilines is 2. The number of nitro groups is 1. The predicted molar refractivity (Wildman–Crippen MR) is 108 cm³/mol. The van der Waals surface area contributed by atoms with Crippen LogP contribution in [0.1, 0.15) is 34.5 Å². The quantitative estimate of drug-likeness (QED) is 0.468. The van der Waals surface area contributed by atoms with E-state index in [1.807, 2.05) is 0 Å². The summed E-state index contributed by atoms with van der Waals surface area (Å²) in [6.45, 7) is 3.40. The Morgan fingerprint density at radius 2 is 1.97 bits per heavy atom. The van der Waals surface area contributed by atoms with Gasteiger partial charge in [-0.3, -0.25) is 14.9 Å². The maximum atomic E-state index is 13.4. The number of pyridine rings is 1. The highest BCUT2D eigenvalue weighted by atomic mass is 19.1. The minimum Gasteiger partial charge on any atom is -0.345 e. The Balaban J connectivity index is 1.81. The minimum atomic E-state index is -0.468. The van der Waals surface area contributed by atoms with Gasteiger partial charge < -0.3 is 10.6 Å². The summed E-state index contributed by atoms with van der Waals surface area (Å²) in [4.78, 5) is 27.7. The van der Waals surface area contributed by atoms with Crippen LogP contribution in [0.4, 0.5) is 21.6 Å². The van der Waals surface area contributed by atoms with Crippen LogP contribution in [0.2, 0.25) is 0 Å². The van der Waals surface area contributed by atoms with Crippen LogP contribution >= 0.6 is 0 Å². The molecule has 8 heteroatoms. The lowest BCUT2D eigenvalue weighted by Gasteiger charge is -2.16. The van der Waals surface area contributed by atoms with Gasteiger partial charge in [0.05, 0.1) is 16.5 Å². The fourth-order valence-electron chi connectivity index (χ4n) is 2.84. The topological polar surface area (TPSA) is 97.2 Å². The summed E-state index contributed by atoms with van der Waals surface area (Å²) < 4.78 is 13.4. The Morgan fingerprint density at radius 3 is 2.69 bits per heavy atom. The second-order valence-electron chi connectivity index (χ2n) is 6.53. The van der Waals surface area contributed by atoms with Crippen LogP contribution in [-0.4, -0.2) is 15.8 Å². The third kappa shape index (κ3) is 4.73. The molecular weight excluding hydrogens is 375 g/mol. The molecule has 1 amide bonds. The number of halogens is 1. The maximum Gasteiger partial charge on any atom is 0.272 e. The highest BCUT2D eigenvalue weighted by Crippen LogP contribution is 2.24. The number of carbonyl (C=O) groups is 1. The molecule has 0 fully saturated rings. The number of rotatable bonds is 6. The van der Waals surface area contributed by atoms with E-state index >= 15 is 0 Å². The number of hydrogen-bond acceptors (Lipinski definition) is 5. The number of aromatic nitrogens is 1. The Kier molecular flexibility index (Phi) is 5.82. The molecule has 0 saturated heterocycles. The summed E-state index contributed by atoms with van der Waals surface area (Å²) >= 11 is 0. The Hall–Kier alpha value is -3.81. The first kappa shape index (κ1) is 19.9. The summed E-state index contributed by atoms with van der Waals surface area (Å²) in [5, 5.41) is 16.9. The second-order valence-corrected chi connectivity index (χ2v) is 6.53. The van der Waals surface area contributed by atoms with E-state index < -0.39 is 22.7 Å². The summed E-state index contributed by atoms with van der Waals surface area (Å²) in [7, 11) is 0. The van der Waals surface area contributed by atoms with Crippen molar-refractivity contribution in [2.45, 2.75) is 19.9 Å². The van der Waals surface area contributed by atoms with Crippen molar-refractivity contribution in [2.75, 3.05) is 5.32 Å². The van der Waals surface area contributed by atoms with Crippen LogP contribution in [0.3, 0.4) is 0 Å². The third-order valence-electron chi connectivity index (χ3n) is 4.42. The number of nitro benzene ring substituents is 1. The molecule has 3 aromatic rings. The molecule has 1 aromatic heterocycles. The van der Waals surface area contributed by atoms with Crippen LogP contribution in [0.5, 0.6) is 0 Å². The van der Waals surface area contributed by atoms with Gasteiger partial charge in [0.15, 0.2) is 0 Å². The second kappa shape index (κ2) is 8.47. The molecule has 0 aliphatic heterocycles. The molecule has 0 spiro atoms. The zero-order valence-corrected chi connectivity index (χ0v) is 15.8. The molecule has 1 heterocycles. The lowest BCUT2D eigenvalue weighted by atomic mass is 10.0. The molecule has 0 saturated carbocycles. The summed E-state index contributed by atoms with van der Waals surface area (Å²) in [6, 6.07) is 13.4. The maximum absolute atomic E-state index is 13.4. The number of aryl methyl sites for hydroxylation is 1. The lowest BCUT2D eigenvalue weighted by Crippen LogP contribution is -2.27. The van der Waals surface area contributed by atoms with Gasteiger partial charge in [-0.25, -0.2) is 9.37 Å². The number of nitrogens with zero attached hydrogens (tertiary/aromatic N) is 2. The SMILES string of the molecule is Cc1ccc([C@H](C)NC(=O)c2cccnc2Nc2cccc(F)c2)cc1[N+](=O)[O-]. The Bertz CT molecular complexity index is 1070. The standard InChI is InChI=1S/C21H19FN4O3/c1-13-8-9-15(11-19(13)26(28)29)14(2)24-21(27)18-7-4-10-23-20(18)25-17-6-3-5-16(22)12-17/h3-12,14H,1-2H3,(H,23,25)(H,24,27)/t14-/m0/s1. The monoisotopic (exact) mass is 394 g/mol. The van der Waals surface area contributed by atoms with E-state index in [0.717, 1.165) is 0 Å². The zero-order valence-electron chi connectivity index (χ0n) is 15.8. The normalized spacial score (nSPS) is 11.6. The first-order chi connectivity index (χ1) is 13.8. The van der Waals surface area contributed by atoms with Gasteiger partial charge in [0.25, 0.3) is 11.6 Å². The molecule has 0 bridgehead atoms. The smallest absolute Gasteiger partial charge is 0.272 e. The average Bonchev–Trinajstić information content (AvgIpc) is 2.68. The minimum absolute atomic E-state index is 0.00145. The van der Waals surface area contributed by atoms with Crippen molar-refractivity contribution in [1.29, 1.82) is 0 Å². The van der Waals surface area contributed by atoms with Crippen LogP contribution in [0.25, 0.3) is 0 Å². The fraction of sp³-hybridized carbons (Fsp3) is 0.143. The number of hydrogen-bond donors (Lipinski definition) is 2. The largest absolute Gasteiger partial charge is 0.345 e. The molecule has 29 heavy (non-hydrogen) atoms. The van der Waals surface area contributed by atoms with E-state index in [-0.39, 0.29) is 17.1 Å². The van der Waals surface area contributed by atoms with Gasteiger partial charge in [-0.15, -0.1) is 0 Å². The van der Waals surface area contributed by atoms with Gasteiger partial charge in [-0.2, -0.15) is 0 Å². The molecule has 0 aliphatic carbocycles. The van der Waals surface area contributed by atoms with Gasteiger partial charge in [-0.1, -0.05) is 18.2 Å². The average molecular weight is 394 g/mol. The van der Waals surface area contributed by atoms with Crippen molar-refractivity contribution in [3.63, 3.8) is 0 Å². The predicted octanol–water partition coefficient (Wildman–Crippen LogP) is 4.67. The van der Waals surface area contributed by atoms with Crippen LogP contribution in [0, 0.1) is 22.9 Å². The van der Waals surface area contributed by atoms with Crippen molar-refractivity contribution < 1.29 is 14.1 Å². The summed E-state index contributed by atoms with van der Waals surface area (Å²) in [6.07, 6.45) is 1.52. The molecule has 2 aromatic carbocycles. The molecule has 7 nitrogen and oxygen atoms in total. The molecule has 0 unspecified atom stereocenters. The van der Waals surface area contributed by atoms with Gasteiger partial charge in [0, 0.05) is 23.5 Å². The Morgan fingerprint density at radius 1 is 1.17 bits per heavy atom. The molecule has 0 aliphatic rings. The van der Waals surface area contributed by atoms with E-state index in [2.05, 4.69) is 15.6 Å². The van der Waals surface area contributed by atoms with Crippen LogP contribution < -0.4 is 10.6 Å². The molecule has 1 atom stereocenters. The molecule has 148 valence electrons. The highest BCUT2D eigenvalue weighted by molar-refractivity contribution is 5.99. The van der Waals surface area contributed by atoms with E-state index in [9.17, 15) is 19.3 Å². The van der Waals surface area contributed by atoms with Crippen molar-refractivity contribution >= 4 is 23.1 Å². The zero-order chi connectivity index (χ0) is 21.0. The molecule has 0 radical (unpaired) electrons. The lowest BCUT2D eigenvalue weighted by molar-refractivity contribution is -0.385. The molecule has 2 N–H and O–H groups in total. The highest BCUT2D eigenvalue weighted by Gasteiger charge is 2.18. The third-order valence-corrected chi connectivity index (χ3v) is 4.42. The first-order valence-electron chi connectivity index (χ1n) is 8.88. The van der Waals surface area contributed by atoms with Gasteiger partial charge in [0.1, 0.15) is 11.6 Å². The summed E-state index contributed by atoms with van der Waals surface area (Å²) in [5.74, 6) is -0.545. The van der Waals surface area contributed by atoms with E-state index in [1.54, 1.807) is 50.2 Å². The summed E-state index contributed by atoms with van der Waals surface area (Å²) in [5.41, 5.74) is 1.88. The number of nitrogens with one attached hydrogen (secondary N) is 2. The number of carbonyl (C=O) groups excluding carboxylic acids is 1. The van der Waals surface area contributed by atoms with Gasteiger partial charge >= 0.3 is 0 Å². The van der Waals surface area contributed by atoms with Crippen molar-refractivity contribution in [2.24, 2.45) is 0 Å². The first-order valence-corrected chi connectivity index (χ1v) is 8.88. The van der Waals surface area contributed by atoms with E-state index in [4.69, 9.17) is 0 Å². The van der Waals surface area contributed by atoms with Crippen LogP contribution in [-0.2, 0) is 0 Å². The van der Waals surface area contributed by atoms with E-state index in [0.29, 0.717) is 16.8 Å². The molecule has 3 rings (SSSR count). The molecular formula is C21H19FN4O3. The van der Waals surface area contributed by atoms with Crippen molar-refractivity contribution in [3.05, 3.63) is 93.4 Å². The Labute approximate surface area is 166 Å². The van der Waals surface area contributed by atoms with Crippen LogP contribution in [0.15, 0.2) is 60.8 Å². The van der Waals surface area contributed by atoms with Gasteiger partial charge in [0.2, 0.25) is 0 Å². The fourth-order valence-corrected chi connectivity index (χ4v) is 2.84. The van der Waals surface area contributed by atoms with Gasteiger partial charge in [-0.05, 0) is 49.7 Å². The number of benzene rings is 2. The van der Waals surface area contributed by atoms with E-state index in [1.165, 1.54) is 24.4 Å². The van der Waals surface area contributed by atoms with Crippen molar-refractivity contribution in [1.82, 2.24) is 10.3 Å². The van der Waals surface area contributed by atoms with Crippen molar-refractivity contribution in [3.8, 4) is 0 Å².